The fourth-order valence-corrected chi connectivity index (χ4v) is 3.39. The van der Waals surface area contributed by atoms with Gasteiger partial charge in [0.15, 0.2) is 0 Å². The third kappa shape index (κ3) is 5.62. The highest BCUT2D eigenvalue weighted by molar-refractivity contribution is 7.15. The molecule has 0 radical (unpaired) electrons. The predicted octanol–water partition coefficient (Wildman–Crippen LogP) is 3.52. The summed E-state index contributed by atoms with van der Waals surface area (Å²) in [6.45, 7) is 8.15. The van der Waals surface area contributed by atoms with E-state index >= 15 is 0 Å². The Kier molecular flexibility index (Phi) is 7.26. The number of amides is 2. The van der Waals surface area contributed by atoms with Crippen LogP contribution in [-0.4, -0.2) is 28.1 Å². The van der Waals surface area contributed by atoms with Crippen molar-refractivity contribution in [3.8, 4) is 0 Å². The molecular formula is C19H26N4O2S. The van der Waals surface area contributed by atoms with E-state index in [0.29, 0.717) is 16.6 Å². The van der Waals surface area contributed by atoms with Crippen molar-refractivity contribution in [2.75, 3.05) is 5.32 Å². The molecule has 1 heterocycles. The molecule has 0 spiro atoms. The Hall–Kier alpha value is -2.28. The third-order valence-corrected chi connectivity index (χ3v) is 4.96. The van der Waals surface area contributed by atoms with Gasteiger partial charge in [0.2, 0.25) is 11.0 Å². The Morgan fingerprint density at radius 3 is 2.42 bits per heavy atom. The van der Waals surface area contributed by atoms with E-state index < -0.39 is 6.04 Å². The van der Waals surface area contributed by atoms with E-state index in [0.717, 1.165) is 17.8 Å². The van der Waals surface area contributed by atoms with Gasteiger partial charge >= 0.3 is 0 Å². The van der Waals surface area contributed by atoms with Gasteiger partial charge in [-0.05, 0) is 24.0 Å². The van der Waals surface area contributed by atoms with Crippen molar-refractivity contribution in [1.29, 1.82) is 0 Å². The Balaban J connectivity index is 2.07. The number of carbonyl (C=O) groups is 2. The molecule has 0 bridgehead atoms. The summed E-state index contributed by atoms with van der Waals surface area (Å²) in [5.74, 6) is -0.0602. The van der Waals surface area contributed by atoms with E-state index in [4.69, 9.17) is 0 Å². The van der Waals surface area contributed by atoms with Gasteiger partial charge in [0, 0.05) is 12.0 Å². The molecule has 0 aliphatic carbocycles. The lowest BCUT2D eigenvalue weighted by atomic mass is 9.98. The van der Waals surface area contributed by atoms with E-state index in [1.54, 1.807) is 24.3 Å². The van der Waals surface area contributed by atoms with Crippen molar-refractivity contribution in [2.45, 2.75) is 46.6 Å². The molecule has 2 aromatic rings. The number of aromatic nitrogens is 2. The molecule has 0 fully saturated rings. The zero-order valence-corrected chi connectivity index (χ0v) is 16.5. The molecule has 140 valence electrons. The minimum atomic E-state index is -0.634. The molecule has 26 heavy (non-hydrogen) atoms. The van der Waals surface area contributed by atoms with Crippen molar-refractivity contribution in [2.24, 2.45) is 11.8 Å². The molecule has 1 aromatic carbocycles. The zero-order chi connectivity index (χ0) is 19.1. The minimum Gasteiger partial charge on any atom is -0.340 e. The molecule has 7 heteroatoms. The van der Waals surface area contributed by atoms with E-state index in [2.05, 4.69) is 34.7 Å². The lowest BCUT2D eigenvalue weighted by molar-refractivity contribution is -0.119. The maximum absolute atomic E-state index is 12.7. The largest absolute Gasteiger partial charge is 0.340 e. The lowest BCUT2D eigenvalue weighted by Crippen LogP contribution is -2.47. The topological polar surface area (TPSA) is 84.0 Å². The Labute approximate surface area is 158 Å². The van der Waals surface area contributed by atoms with Crippen molar-refractivity contribution >= 4 is 28.3 Å². The second kappa shape index (κ2) is 9.43. The van der Waals surface area contributed by atoms with Crippen LogP contribution in [0.15, 0.2) is 30.3 Å². The zero-order valence-electron chi connectivity index (χ0n) is 15.7. The van der Waals surface area contributed by atoms with Gasteiger partial charge in [0.1, 0.15) is 11.0 Å². The summed E-state index contributed by atoms with van der Waals surface area (Å²) in [7, 11) is 0. The second-order valence-electron chi connectivity index (χ2n) is 6.79. The van der Waals surface area contributed by atoms with Gasteiger partial charge in [0.05, 0.1) is 0 Å². The molecule has 1 aromatic heterocycles. The fourth-order valence-electron chi connectivity index (χ4n) is 2.44. The summed E-state index contributed by atoms with van der Waals surface area (Å²) in [5.41, 5.74) is 0.531. The van der Waals surface area contributed by atoms with Gasteiger partial charge in [-0.2, -0.15) is 0 Å². The van der Waals surface area contributed by atoms with E-state index in [-0.39, 0.29) is 17.7 Å². The van der Waals surface area contributed by atoms with Crippen LogP contribution in [0.4, 0.5) is 5.13 Å². The van der Waals surface area contributed by atoms with Crippen LogP contribution in [0.3, 0.4) is 0 Å². The number of nitrogens with zero attached hydrogens (tertiary/aromatic N) is 2. The molecule has 0 saturated heterocycles. The summed E-state index contributed by atoms with van der Waals surface area (Å²) in [6.07, 6.45) is 1.59. The molecule has 2 unspecified atom stereocenters. The number of rotatable bonds is 8. The van der Waals surface area contributed by atoms with Crippen LogP contribution in [-0.2, 0) is 11.2 Å². The number of hydrogen-bond donors (Lipinski definition) is 2. The predicted molar refractivity (Wildman–Crippen MR) is 104 cm³/mol. The molecule has 2 rings (SSSR count). The monoisotopic (exact) mass is 374 g/mol. The quantitative estimate of drug-likeness (QED) is 0.740. The SMILES string of the molecule is CCC(C)C(NC(=O)c1ccccc1)C(=O)Nc1nnc(CC(C)C)s1. The Morgan fingerprint density at radius 2 is 1.81 bits per heavy atom. The highest BCUT2D eigenvalue weighted by Gasteiger charge is 2.27. The van der Waals surface area contributed by atoms with Gasteiger partial charge in [-0.3, -0.25) is 14.9 Å². The van der Waals surface area contributed by atoms with E-state index in [1.807, 2.05) is 19.9 Å². The van der Waals surface area contributed by atoms with Crippen LogP contribution >= 0.6 is 11.3 Å². The number of nitrogens with one attached hydrogen (secondary N) is 2. The lowest BCUT2D eigenvalue weighted by Gasteiger charge is -2.23. The van der Waals surface area contributed by atoms with E-state index in [9.17, 15) is 9.59 Å². The third-order valence-electron chi connectivity index (χ3n) is 4.10. The van der Waals surface area contributed by atoms with Crippen LogP contribution in [0.2, 0.25) is 0 Å². The highest BCUT2D eigenvalue weighted by atomic mass is 32.1. The van der Waals surface area contributed by atoms with Crippen molar-refractivity contribution in [3.63, 3.8) is 0 Å². The molecule has 6 nitrogen and oxygen atoms in total. The molecule has 2 N–H and O–H groups in total. The summed E-state index contributed by atoms with van der Waals surface area (Å²) in [6, 6.07) is 8.26. The van der Waals surface area contributed by atoms with Crippen molar-refractivity contribution < 1.29 is 9.59 Å². The van der Waals surface area contributed by atoms with Gasteiger partial charge < -0.3 is 5.32 Å². The molecule has 2 amide bonds. The van der Waals surface area contributed by atoms with Crippen molar-refractivity contribution in [3.05, 3.63) is 40.9 Å². The van der Waals surface area contributed by atoms with Gasteiger partial charge in [0.25, 0.3) is 5.91 Å². The van der Waals surface area contributed by atoms with Crippen LogP contribution in [0.25, 0.3) is 0 Å². The molecule has 0 saturated carbocycles. The number of carbonyl (C=O) groups excluding carboxylic acids is 2. The Morgan fingerprint density at radius 1 is 1.12 bits per heavy atom. The number of hydrogen-bond acceptors (Lipinski definition) is 5. The highest BCUT2D eigenvalue weighted by Crippen LogP contribution is 2.19. The summed E-state index contributed by atoms with van der Waals surface area (Å²) >= 11 is 1.37. The average Bonchev–Trinajstić information content (AvgIpc) is 3.05. The molecule has 0 aliphatic rings. The maximum Gasteiger partial charge on any atom is 0.251 e. The van der Waals surface area contributed by atoms with Crippen LogP contribution in [0.5, 0.6) is 0 Å². The number of anilines is 1. The maximum atomic E-state index is 12.7. The summed E-state index contributed by atoms with van der Waals surface area (Å²) in [5, 5.41) is 15.2. The first-order valence-electron chi connectivity index (χ1n) is 8.89. The van der Waals surface area contributed by atoms with E-state index in [1.165, 1.54) is 11.3 Å². The first-order valence-corrected chi connectivity index (χ1v) is 9.71. The van der Waals surface area contributed by atoms with Crippen LogP contribution in [0.1, 0.15) is 49.5 Å². The number of benzene rings is 1. The minimum absolute atomic E-state index is 0.00859. The second-order valence-corrected chi connectivity index (χ2v) is 7.85. The van der Waals surface area contributed by atoms with Gasteiger partial charge in [-0.15, -0.1) is 10.2 Å². The van der Waals surface area contributed by atoms with Crippen molar-refractivity contribution in [1.82, 2.24) is 15.5 Å². The standard InChI is InChI=1S/C19H26N4O2S/c1-5-13(4)16(20-17(24)14-9-7-6-8-10-14)18(25)21-19-23-22-15(26-19)11-12(2)3/h6-10,12-13,16H,5,11H2,1-4H3,(H,20,24)(H,21,23,25). The first kappa shape index (κ1) is 20.0. The molecule has 0 aliphatic heterocycles. The smallest absolute Gasteiger partial charge is 0.251 e. The van der Waals surface area contributed by atoms with Crippen LogP contribution in [0, 0.1) is 11.8 Å². The molecular weight excluding hydrogens is 348 g/mol. The normalized spacial score (nSPS) is 13.3. The average molecular weight is 375 g/mol. The van der Waals surface area contributed by atoms with Crippen LogP contribution < -0.4 is 10.6 Å². The Bertz CT molecular complexity index is 730. The van der Waals surface area contributed by atoms with Gasteiger partial charge in [-0.1, -0.05) is 63.7 Å². The molecule has 2 atom stereocenters. The summed E-state index contributed by atoms with van der Waals surface area (Å²) in [4.78, 5) is 25.2. The summed E-state index contributed by atoms with van der Waals surface area (Å²) < 4.78 is 0. The first-order chi connectivity index (χ1) is 12.4. The fraction of sp³-hybridized carbons (Fsp3) is 0.474. The van der Waals surface area contributed by atoms with Gasteiger partial charge in [-0.25, -0.2) is 0 Å².